The standard InChI is InChI=1S/C19H14ClF3O2S/c1-26(24,25)18(14-7-8-16(21)15(20)11-14)9-10-19(23,17(22)12-18)13-5-3-2-4-6-13/h2-12H,1H3. The lowest BCUT2D eigenvalue weighted by atomic mass is 9.84. The van der Waals surface area contributed by atoms with Crippen molar-refractivity contribution in [1.29, 1.82) is 0 Å². The normalized spacial score (nSPS) is 25.8. The molecule has 2 aromatic carbocycles. The number of halogens is 4. The van der Waals surface area contributed by atoms with Gasteiger partial charge in [0.15, 0.2) is 9.84 Å². The van der Waals surface area contributed by atoms with Crippen LogP contribution < -0.4 is 0 Å². The maximum absolute atomic E-state index is 15.3. The van der Waals surface area contributed by atoms with Crippen LogP contribution in [0.4, 0.5) is 13.2 Å². The maximum Gasteiger partial charge on any atom is 0.205 e. The van der Waals surface area contributed by atoms with Crippen molar-refractivity contribution >= 4 is 21.4 Å². The smallest absolute Gasteiger partial charge is 0.205 e. The Labute approximate surface area is 154 Å². The highest BCUT2D eigenvalue weighted by Gasteiger charge is 2.47. The molecule has 2 atom stereocenters. The minimum Gasteiger partial charge on any atom is -0.228 e. The van der Waals surface area contributed by atoms with E-state index in [1.807, 2.05) is 0 Å². The van der Waals surface area contributed by atoms with Crippen molar-refractivity contribution in [2.75, 3.05) is 6.26 Å². The van der Waals surface area contributed by atoms with Gasteiger partial charge >= 0.3 is 0 Å². The summed E-state index contributed by atoms with van der Waals surface area (Å²) in [6, 6.07) is 10.8. The molecule has 0 bridgehead atoms. The first-order valence-electron chi connectivity index (χ1n) is 7.59. The van der Waals surface area contributed by atoms with Crippen molar-refractivity contribution < 1.29 is 21.6 Å². The Bertz CT molecular complexity index is 1020. The van der Waals surface area contributed by atoms with Gasteiger partial charge < -0.3 is 0 Å². The van der Waals surface area contributed by atoms with Crippen LogP contribution in [0.5, 0.6) is 0 Å². The molecule has 0 radical (unpaired) electrons. The highest BCUT2D eigenvalue weighted by Crippen LogP contribution is 2.47. The predicted octanol–water partition coefficient (Wildman–Crippen LogP) is 5.01. The van der Waals surface area contributed by atoms with Crippen molar-refractivity contribution in [3.63, 3.8) is 0 Å². The van der Waals surface area contributed by atoms with E-state index in [4.69, 9.17) is 11.6 Å². The second-order valence-corrected chi connectivity index (χ2v) is 8.72. The fourth-order valence-electron chi connectivity index (χ4n) is 2.94. The number of rotatable bonds is 3. The Morgan fingerprint density at radius 3 is 2.15 bits per heavy atom. The van der Waals surface area contributed by atoms with E-state index in [1.165, 1.54) is 18.2 Å². The molecule has 0 amide bonds. The fraction of sp³-hybridized carbons (Fsp3) is 0.158. The van der Waals surface area contributed by atoms with Gasteiger partial charge in [-0.1, -0.05) is 54.1 Å². The summed E-state index contributed by atoms with van der Waals surface area (Å²) in [4.78, 5) is 0. The van der Waals surface area contributed by atoms with E-state index >= 15 is 4.39 Å². The minimum atomic E-state index is -3.99. The number of alkyl halides is 1. The molecule has 2 unspecified atom stereocenters. The topological polar surface area (TPSA) is 34.1 Å². The highest BCUT2D eigenvalue weighted by atomic mass is 35.5. The lowest BCUT2D eigenvalue weighted by Crippen LogP contribution is -2.36. The number of sulfone groups is 1. The summed E-state index contributed by atoms with van der Waals surface area (Å²) in [6.45, 7) is 0. The summed E-state index contributed by atoms with van der Waals surface area (Å²) >= 11 is 5.75. The summed E-state index contributed by atoms with van der Waals surface area (Å²) < 4.78 is 66.6. The first kappa shape index (κ1) is 18.7. The van der Waals surface area contributed by atoms with Crippen LogP contribution in [0.2, 0.25) is 5.02 Å². The van der Waals surface area contributed by atoms with Gasteiger partial charge in [-0.15, -0.1) is 0 Å². The maximum atomic E-state index is 15.3. The number of allylic oxidation sites excluding steroid dienone is 2. The molecule has 2 nitrogen and oxygen atoms in total. The molecule has 0 saturated heterocycles. The van der Waals surface area contributed by atoms with E-state index in [2.05, 4.69) is 0 Å². The van der Waals surface area contributed by atoms with Gasteiger partial charge in [-0.3, -0.25) is 0 Å². The molecule has 1 aliphatic carbocycles. The molecular formula is C19H14ClF3O2S. The summed E-state index contributed by atoms with van der Waals surface area (Å²) in [6.07, 6.45) is 3.54. The van der Waals surface area contributed by atoms with Crippen molar-refractivity contribution in [1.82, 2.24) is 0 Å². The zero-order valence-electron chi connectivity index (χ0n) is 13.6. The third-order valence-electron chi connectivity index (χ3n) is 4.43. The molecule has 0 fully saturated rings. The molecule has 3 rings (SSSR count). The summed E-state index contributed by atoms with van der Waals surface area (Å²) in [5.41, 5.74) is -2.53. The second-order valence-electron chi connectivity index (χ2n) is 6.10. The zero-order chi connectivity index (χ0) is 19.2. The number of hydrogen-bond acceptors (Lipinski definition) is 2. The molecular weight excluding hydrogens is 385 g/mol. The molecule has 0 aromatic heterocycles. The van der Waals surface area contributed by atoms with E-state index < -0.39 is 31.9 Å². The quantitative estimate of drug-likeness (QED) is 0.681. The Kier molecular flexibility index (Phi) is 4.53. The zero-order valence-corrected chi connectivity index (χ0v) is 15.2. The van der Waals surface area contributed by atoms with E-state index in [0.717, 1.165) is 30.5 Å². The monoisotopic (exact) mass is 398 g/mol. The molecule has 136 valence electrons. The van der Waals surface area contributed by atoms with Crippen molar-refractivity contribution in [2.24, 2.45) is 0 Å². The molecule has 0 spiro atoms. The average Bonchev–Trinajstić information content (AvgIpc) is 2.59. The van der Waals surface area contributed by atoms with Gasteiger partial charge in [-0.05, 0) is 35.4 Å². The first-order valence-corrected chi connectivity index (χ1v) is 9.86. The predicted molar refractivity (Wildman–Crippen MR) is 95.5 cm³/mol. The van der Waals surface area contributed by atoms with Gasteiger partial charge in [0.05, 0.1) is 5.02 Å². The molecule has 0 aliphatic heterocycles. The summed E-state index contributed by atoms with van der Waals surface area (Å²) in [7, 11) is -3.99. The van der Waals surface area contributed by atoms with Crippen LogP contribution in [0.3, 0.4) is 0 Å². The van der Waals surface area contributed by atoms with E-state index in [-0.39, 0.29) is 16.1 Å². The van der Waals surface area contributed by atoms with E-state index in [0.29, 0.717) is 6.08 Å². The number of benzene rings is 2. The van der Waals surface area contributed by atoms with Gasteiger partial charge in [0.2, 0.25) is 5.67 Å². The van der Waals surface area contributed by atoms with Crippen LogP contribution in [0, 0.1) is 5.82 Å². The van der Waals surface area contributed by atoms with Crippen LogP contribution >= 0.6 is 11.6 Å². The Morgan fingerprint density at radius 1 is 0.962 bits per heavy atom. The second kappa shape index (κ2) is 6.28. The summed E-state index contributed by atoms with van der Waals surface area (Å²) in [5, 5.41) is -0.312. The molecule has 2 aromatic rings. The van der Waals surface area contributed by atoms with E-state index in [9.17, 15) is 17.2 Å². The van der Waals surface area contributed by atoms with Gasteiger partial charge in [0.25, 0.3) is 0 Å². The molecule has 0 saturated carbocycles. The third-order valence-corrected chi connectivity index (χ3v) is 6.43. The molecule has 0 N–H and O–H groups in total. The molecule has 7 heteroatoms. The number of hydrogen-bond donors (Lipinski definition) is 0. The van der Waals surface area contributed by atoms with Crippen molar-refractivity contribution in [3.05, 3.63) is 94.6 Å². The average molecular weight is 399 g/mol. The van der Waals surface area contributed by atoms with Gasteiger partial charge in [-0.2, -0.15) is 0 Å². The Balaban J connectivity index is 2.22. The van der Waals surface area contributed by atoms with Gasteiger partial charge in [0.1, 0.15) is 16.4 Å². The van der Waals surface area contributed by atoms with Gasteiger partial charge in [0, 0.05) is 6.26 Å². The van der Waals surface area contributed by atoms with Crippen molar-refractivity contribution in [2.45, 2.75) is 10.4 Å². The van der Waals surface area contributed by atoms with Crippen molar-refractivity contribution in [3.8, 4) is 0 Å². The van der Waals surface area contributed by atoms with Crippen LogP contribution in [0.15, 0.2) is 72.6 Å². The van der Waals surface area contributed by atoms with Crippen LogP contribution in [0.1, 0.15) is 11.1 Å². The third kappa shape index (κ3) is 2.87. The SMILES string of the molecule is CS(=O)(=O)C1(c2ccc(F)c(Cl)c2)C=CC(F)(c2ccccc2)C(F)=C1. The first-order chi connectivity index (χ1) is 12.1. The van der Waals surface area contributed by atoms with Crippen LogP contribution in [0.25, 0.3) is 0 Å². The molecule has 0 heterocycles. The summed E-state index contributed by atoms with van der Waals surface area (Å²) in [5.74, 6) is -2.01. The van der Waals surface area contributed by atoms with Crippen LogP contribution in [-0.2, 0) is 20.3 Å². The van der Waals surface area contributed by atoms with Crippen LogP contribution in [-0.4, -0.2) is 14.7 Å². The lowest BCUT2D eigenvalue weighted by molar-refractivity contribution is 0.232. The minimum absolute atomic E-state index is 0.0212. The molecule has 1 aliphatic rings. The van der Waals surface area contributed by atoms with Gasteiger partial charge in [-0.25, -0.2) is 21.6 Å². The lowest BCUT2D eigenvalue weighted by Gasteiger charge is -2.33. The fourth-order valence-corrected chi connectivity index (χ4v) is 4.31. The Morgan fingerprint density at radius 2 is 1.62 bits per heavy atom. The largest absolute Gasteiger partial charge is 0.228 e. The van der Waals surface area contributed by atoms with E-state index in [1.54, 1.807) is 18.2 Å². The Hall–Kier alpha value is -2.05. The molecule has 26 heavy (non-hydrogen) atoms. The highest BCUT2D eigenvalue weighted by molar-refractivity contribution is 7.92.